The molecule has 3 rings (SSSR count). The number of hydrogen-bond donors (Lipinski definition) is 0. The summed E-state index contributed by atoms with van der Waals surface area (Å²) in [5, 5.41) is 0. The van der Waals surface area contributed by atoms with Crippen molar-refractivity contribution < 1.29 is 8.42 Å². The molecule has 0 saturated heterocycles. The average Bonchev–Trinajstić information content (AvgIpc) is 2.99. The predicted octanol–water partition coefficient (Wildman–Crippen LogP) is 5.24. The van der Waals surface area contributed by atoms with Crippen molar-refractivity contribution in [1.29, 1.82) is 0 Å². The molecule has 0 radical (unpaired) electrons. The second kappa shape index (κ2) is 8.90. The molecule has 0 atom stereocenters. The van der Waals surface area contributed by atoms with Gasteiger partial charge in [-0.3, -0.25) is 0 Å². The van der Waals surface area contributed by atoms with E-state index in [1.807, 2.05) is 22.8 Å². The van der Waals surface area contributed by atoms with Gasteiger partial charge in [0.25, 0.3) is 10.0 Å². The average molecular weight is 447 g/mol. The van der Waals surface area contributed by atoms with Crippen LogP contribution in [0.3, 0.4) is 0 Å². The van der Waals surface area contributed by atoms with Crippen LogP contribution in [-0.4, -0.2) is 18.7 Å². The van der Waals surface area contributed by atoms with Gasteiger partial charge in [-0.05, 0) is 36.6 Å². The normalized spacial score (nSPS) is 13.0. The van der Waals surface area contributed by atoms with Crippen molar-refractivity contribution in [3.05, 3.63) is 76.0 Å². The van der Waals surface area contributed by atoms with Crippen LogP contribution in [0.15, 0.2) is 74.9 Å². The highest BCUT2D eigenvalue weighted by Gasteiger charge is 2.23. The first-order chi connectivity index (χ1) is 13.7. The number of hydrogen-bond acceptors (Lipinski definition) is 4. The van der Waals surface area contributed by atoms with E-state index in [2.05, 4.69) is 44.2 Å². The Labute approximate surface area is 181 Å². The zero-order valence-corrected chi connectivity index (χ0v) is 19.6. The van der Waals surface area contributed by atoms with Gasteiger partial charge in [0.05, 0.1) is 4.90 Å². The van der Waals surface area contributed by atoms with Gasteiger partial charge < -0.3 is 4.57 Å². The minimum absolute atomic E-state index is 0.0760. The maximum atomic E-state index is 12.8. The van der Waals surface area contributed by atoms with Gasteiger partial charge in [-0.15, -0.1) is 27.5 Å². The monoisotopic (exact) mass is 446 g/mol. The lowest BCUT2D eigenvalue weighted by Gasteiger charge is -2.17. The highest BCUT2D eigenvalue weighted by molar-refractivity contribution is 7.99. The lowest BCUT2D eigenvalue weighted by Crippen LogP contribution is -2.20. The van der Waals surface area contributed by atoms with Gasteiger partial charge in [-0.25, -0.2) is 0 Å². The molecule has 4 nitrogen and oxygen atoms in total. The van der Waals surface area contributed by atoms with Gasteiger partial charge in [-0.2, -0.15) is 8.42 Å². The van der Waals surface area contributed by atoms with Crippen LogP contribution in [0.4, 0.5) is 0 Å². The third kappa shape index (κ3) is 5.41. The van der Waals surface area contributed by atoms with Gasteiger partial charge in [0, 0.05) is 27.8 Å². The summed E-state index contributed by atoms with van der Waals surface area (Å²) >= 11 is 3.23. The van der Waals surface area contributed by atoms with Gasteiger partial charge in [0.15, 0.2) is 0 Å². The van der Waals surface area contributed by atoms with Gasteiger partial charge in [0.1, 0.15) is 0 Å². The number of sulfonamides is 1. The molecule has 0 amide bonds. The zero-order chi connectivity index (χ0) is 21.1. The van der Waals surface area contributed by atoms with Crippen molar-refractivity contribution >= 4 is 33.1 Å². The Morgan fingerprint density at radius 2 is 1.59 bits per heavy atom. The highest BCUT2D eigenvalue weighted by Crippen LogP contribution is 2.29. The van der Waals surface area contributed by atoms with Crippen molar-refractivity contribution in [2.24, 2.45) is 4.40 Å². The molecule has 0 fully saturated rings. The molecule has 29 heavy (non-hydrogen) atoms. The summed E-state index contributed by atoms with van der Waals surface area (Å²) in [6.45, 7) is 9.18. The van der Waals surface area contributed by atoms with E-state index in [-0.39, 0.29) is 10.3 Å². The van der Waals surface area contributed by atoms with Crippen LogP contribution in [-0.2, 0) is 22.0 Å². The van der Waals surface area contributed by atoms with Crippen LogP contribution in [0.2, 0.25) is 0 Å². The van der Waals surface area contributed by atoms with E-state index in [4.69, 9.17) is 0 Å². The van der Waals surface area contributed by atoms with Crippen LogP contribution in [0.5, 0.6) is 0 Å². The molecule has 0 aliphatic rings. The van der Waals surface area contributed by atoms with Crippen molar-refractivity contribution in [3.63, 3.8) is 0 Å². The number of benzene rings is 2. The fraction of sp³-hybridized carbons (Fsp3) is 0.318. The molecule has 0 aliphatic carbocycles. The van der Waals surface area contributed by atoms with E-state index in [9.17, 15) is 8.42 Å². The largest absolute Gasteiger partial charge is 0.319 e. The summed E-state index contributed by atoms with van der Waals surface area (Å²) in [4.78, 5) is 3.11. The Balaban J connectivity index is 1.99. The van der Waals surface area contributed by atoms with Crippen LogP contribution in [0, 0.1) is 6.92 Å². The lowest BCUT2D eigenvalue weighted by atomic mass is 9.93. The van der Waals surface area contributed by atoms with E-state index in [1.54, 1.807) is 42.1 Å². The number of thiazole rings is 1. The third-order valence-corrected chi connectivity index (χ3v) is 8.40. The Kier molecular flexibility index (Phi) is 6.71. The quantitative estimate of drug-likeness (QED) is 0.487. The summed E-state index contributed by atoms with van der Waals surface area (Å²) in [5.41, 5.74) is 1.01. The Morgan fingerprint density at radius 3 is 2.17 bits per heavy atom. The molecule has 1 heterocycles. The second-order valence-corrected chi connectivity index (χ2v) is 11.5. The van der Waals surface area contributed by atoms with Crippen molar-refractivity contribution in [2.45, 2.75) is 49.4 Å². The van der Waals surface area contributed by atoms with E-state index < -0.39 is 10.0 Å². The number of thioether (sulfide) groups is 1. The number of nitrogens with zero attached hydrogens (tertiary/aromatic N) is 2. The molecular formula is C22H26N2O2S3. The number of aromatic nitrogens is 1. The molecule has 154 valence electrons. The van der Waals surface area contributed by atoms with Gasteiger partial charge in [0.2, 0.25) is 4.80 Å². The van der Waals surface area contributed by atoms with E-state index in [1.165, 1.54) is 16.2 Å². The van der Waals surface area contributed by atoms with Gasteiger partial charge >= 0.3 is 0 Å². The third-order valence-electron chi connectivity index (χ3n) is 4.41. The standard InChI is InChI=1S/C22H26N2O2S3/c1-17-20(22(2,3)4)28-21(23-29(25,26)19-13-9-6-10-14-19)24(17)15-16-27-18-11-7-5-8-12-18/h5-14H,15-16H2,1-4H3. The Bertz CT molecular complexity index is 1120. The molecule has 0 aliphatic heterocycles. The second-order valence-electron chi connectivity index (χ2n) is 7.74. The van der Waals surface area contributed by atoms with Crippen molar-refractivity contribution in [2.75, 3.05) is 5.75 Å². The lowest BCUT2D eigenvalue weighted by molar-refractivity contribution is 0.586. The minimum Gasteiger partial charge on any atom is -0.319 e. The molecule has 0 bridgehead atoms. The molecule has 1 aromatic heterocycles. The van der Waals surface area contributed by atoms with E-state index >= 15 is 0 Å². The first-order valence-electron chi connectivity index (χ1n) is 9.43. The summed E-state index contributed by atoms with van der Waals surface area (Å²) in [7, 11) is -3.75. The van der Waals surface area contributed by atoms with Crippen LogP contribution >= 0.6 is 23.1 Å². The molecule has 0 spiro atoms. The van der Waals surface area contributed by atoms with Crippen molar-refractivity contribution in [1.82, 2.24) is 4.57 Å². The molecular weight excluding hydrogens is 420 g/mol. The van der Waals surface area contributed by atoms with Crippen LogP contribution in [0.25, 0.3) is 0 Å². The molecule has 0 unspecified atom stereocenters. The Hall–Kier alpha value is -1.83. The predicted molar refractivity (Wildman–Crippen MR) is 122 cm³/mol. The molecule has 0 saturated carbocycles. The van der Waals surface area contributed by atoms with E-state index in [0.29, 0.717) is 11.3 Å². The minimum atomic E-state index is -3.75. The van der Waals surface area contributed by atoms with E-state index in [0.717, 1.165) is 16.3 Å². The zero-order valence-electron chi connectivity index (χ0n) is 17.1. The van der Waals surface area contributed by atoms with Gasteiger partial charge in [-0.1, -0.05) is 57.2 Å². The smallest absolute Gasteiger partial charge is 0.285 e. The SMILES string of the molecule is Cc1c(C(C)(C)C)sc(=NS(=O)(=O)c2ccccc2)n1CCSc1ccccc1. The van der Waals surface area contributed by atoms with Crippen LogP contribution in [0.1, 0.15) is 31.3 Å². The molecule has 3 aromatic rings. The summed E-state index contributed by atoms with van der Waals surface area (Å²) in [6.07, 6.45) is 0. The summed E-state index contributed by atoms with van der Waals surface area (Å²) < 4.78 is 32.0. The van der Waals surface area contributed by atoms with Crippen molar-refractivity contribution in [3.8, 4) is 0 Å². The fourth-order valence-corrected chi connectivity index (χ4v) is 6.33. The highest BCUT2D eigenvalue weighted by atomic mass is 32.2. The first kappa shape index (κ1) is 21.9. The maximum absolute atomic E-state index is 12.8. The summed E-state index contributed by atoms with van der Waals surface area (Å²) in [5.74, 6) is 0.837. The number of rotatable bonds is 6. The van der Waals surface area contributed by atoms with Crippen LogP contribution < -0.4 is 4.80 Å². The fourth-order valence-electron chi connectivity index (χ4n) is 3.03. The molecule has 2 aromatic carbocycles. The molecule has 0 N–H and O–H groups in total. The topological polar surface area (TPSA) is 51.4 Å². The first-order valence-corrected chi connectivity index (χ1v) is 12.7. The summed E-state index contributed by atoms with van der Waals surface area (Å²) in [6, 6.07) is 18.6. The maximum Gasteiger partial charge on any atom is 0.285 e. The molecule has 7 heteroatoms. The Morgan fingerprint density at radius 1 is 1.00 bits per heavy atom.